The van der Waals surface area contributed by atoms with Gasteiger partial charge in [0.2, 0.25) is 6.54 Å². The summed E-state index contributed by atoms with van der Waals surface area (Å²) in [6, 6.07) is 0. The fraction of sp³-hybridized carbons (Fsp3) is 0.550. The van der Waals surface area contributed by atoms with Crippen LogP contribution in [0.1, 0.15) is 64.2 Å². The van der Waals surface area contributed by atoms with Gasteiger partial charge in [-0.05, 0) is 19.3 Å². The molecule has 5 nitrogen and oxygen atoms in total. The van der Waals surface area contributed by atoms with Crippen LogP contribution in [0.4, 0.5) is 0 Å². The molecule has 0 aliphatic rings. The number of nitrogens with zero attached hydrogens (tertiary/aromatic N) is 1. The van der Waals surface area contributed by atoms with E-state index in [0.29, 0.717) is 38.5 Å². The number of nitro groups is 1. The Hall–Kier alpha value is -2.89. The Labute approximate surface area is 149 Å². The summed E-state index contributed by atoms with van der Waals surface area (Å²) in [5, 5.41) is 18.6. The molecule has 0 aliphatic carbocycles. The maximum atomic E-state index is 10.3. The van der Waals surface area contributed by atoms with Crippen molar-refractivity contribution in [3.05, 3.63) is 10.1 Å². The van der Waals surface area contributed by atoms with Gasteiger partial charge in [0.25, 0.3) is 0 Å². The Kier molecular flexibility index (Phi) is 15.4. The summed E-state index contributed by atoms with van der Waals surface area (Å²) in [4.78, 5) is 20.1. The second kappa shape index (κ2) is 17.5. The van der Waals surface area contributed by atoms with E-state index in [-0.39, 0.29) is 17.9 Å². The van der Waals surface area contributed by atoms with Gasteiger partial charge in [0.1, 0.15) is 0 Å². The third-order valence-corrected chi connectivity index (χ3v) is 2.87. The highest BCUT2D eigenvalue weighted by atomic mass is 16.6. The highest BCUT2D eigenvalue weighted by molar-refractivity contribution is 5.66. The van der Waals surface area contributed by atoms with Crippen molar-refractivity contribution in [1.82, 2.24) is 0 Å². The van der Waals surface area contributed by atoms with Gasteiger partial charge in [-0.2, -0.15) is 0 Å². The summed E-state index contributed by atoms with van der Waals surface area (Å²) in [6.45, 7) is 0.0379. The third kappa shape index (κ3) is 21.1. The molecule has 0 unspecified atom stereocenters. The van der Waals surface area contributed by atoms with E-state index in [0.717, 1.165) is 19.3 Å². The van der Waals surface area contributed by atoms with Gasteiger partial charge >= 0.3 is 5.97 Å². The van der Waals surface area contributed by atoms with Crippen molar-refractivity contribution in [3.8, 4) is 47.4 Å². The number of rotatable bonds is 8. The predicted molar refractivity (Wildman–Crippen MR) is 96.8 cm³/mol. The number of hydrogen-bond donors (Lipinski definition) is 1. The smallest absolute Gasteiger partial charge is 0.303 e. The molecule has 0 radical (unpaired) electrons. The Bertz CT molecular complexity index is 651. The molecule has 0 aliphatic heterocycles. The second-order valence-electron chi connectivity index (χ2n) is 5.06. The zero-order chi connectivity index (χ0) is 18.6. The minimum Gasteiger partial charge on any atom is -0.481 e. The van der Waals surface area contributed by atoms with E-state index >= 15 is 0 Å². The molecule has 0 saturated carbocycles. The van der Waals surface area contributed by atoms with Gasteiger partial charge in [0, 0.05) is 30.6 Å². The van der Waals surface area contributed by atoms with E-state index in [9.17, 15) is 14.9 Å². The Morgan fingerprint density at radius 2 is 1.24 bits per heavy atom. The van der Waals surface area contributed by atoms with Gasteiger partial charge in [-0.1, -0.05) is 35.5 Å². The highest BCUT2D eigenvalue weighted by Crippen LogP contribution is 1.98. The van der Waals surface area contributed by atoms with E-state index in [1.807, 2.05) is 0 Å². The van der Waals surface area contributed by atoms with Gasteiger partial charge in [-0.15, -0.1) is 11.8 Å². The molecular formula is C20H23NO4. The van der Waals surface area contributed by atoms with E-state index in [1.165, 1.54) is 0 Å². The topological polar surface area (TPSA) is 80.4 Å². The Balaban J connectivity index is 3.57. The van der Waals surface area contributed by atoms with Crippen LogP contribution in [0.3, 0.4) is 0 Å². The van der Waals surface area contributed by atoms with Crippen LogP contribution >= 0.6 is 0 Å². The van der Waals surface area contributed by atoms with Gasteiger partial charge in [0.05, 0.1) is 19.3 Å². The predicted octanol–water partition coefficient (Wildman–Crippen LogP) is 3.26. The second-order valence-corrected chi connectivity index (χ2v) is 5.06. The summed E-state index contributed by atoms with van der Waals surface area (Å²) >= 11 is 0. The maximum absolute atomic E-state index is 10.3. The quantitative estimate of drug-likeness (QED) is 0.318. The van der Waals surface area contributed by atoms with Crippen molar-refractivity contribution in [2.24, 2.45) is 0 Å². The highest BCUT2D eigenvalue weighted by Gasteiger charge is 1.95. The molecule has 0 amide bonds. The number of aliphatic carboxylic acids is 1. The van der Waals surface area contributed by atoms with Crippen molar-refractivity contribution < 1.29 is 14.8 Å². The number of carboxylic acid groups (broad SMARTS) is 1. The molecule has 0 heterocycles. The lowest BCUT2D eigenvalue weighted by Crippen LogP contribution is -1.99. The van der Waals surface area contributed by atoms with Gasteiger partial charge < -0.3 is 5.11 Å². The van der Waals surface area contributed by atoms with E-state index in [1.54, 1.807) is 0 Å². The molecule has 0 saturated heterocycles. The molecule has 0 bridgehead atoms. The lowest BCUT2D eigenvalue weighted by Gasteiger charge is -1.92. The first-order chi connectivity index (χ1) is 12.1. The Morgan fingerprint density at radius 3 is 1.72 bits per heavy atom. The first-order valence-electron chi connectivity index (χ1n) is 8.29. The number of hydrogen-bond acceptors (Lipinski definition) is 3. The molecule has 0 aromatic carbocycles. The first kappa shape index (κ1) is 22.1. The van der Waals surface area contributed by atoms with Gasteiger partial charge in [-0.25, -0.2) is 0 Å². The van der Waals surface area contributed by atoms with Gasteiger partial charge in [-0.3, -0.25) is 14.9 Å². The summed E-state index contributed by atoms with van der Waals surface area (Å²) in [5.41, 5.74) is 0. The summed E-state index contributed by atoms with van der Waals surface area (Å²) in [5.74, 6) is 22.6. The van der Waals surface area contributed by atoms with Crippen LogP contribution in [0.25, 0.3) is 0 Å². The maximum Gasteiger partial charge on any atom is 0.303 e. The molecule has 25 heavy (non-hydrogen) atoms. The molecular weight excluding hydrogens is 318 g/mol. The lowest BCUT2D eigenvalue weighted by atomic mass is 10.2. The number of carbonyl (C=O) groups is 1. The minimum absolute atomic E-state index is 0.0379. The molecule has 1 N–H and O–H groups in total. The fourth-order valence-corrected chi connectivity index (χ4v) is 1.64. The first-order valence-corrected chi connectivity index (χ1v) is 8.29. The summed E-state index contributed by atoms with van der Waals surface area (Å²) in [6.07, 6.45) is 5.87. The number of carboxylic acids is 1. The monoisotopic (exact) mass is 341 g/mol. The van der Waals surface area contributed by atoms with Crippen molar-refractivity contribution in [2.45, 2.75) is 64.2 Å². The largest absolute Gasteiger partial charge is 0.481 e. The fourth-order valence-electron chi connectivity index (χ4n) is 1.64. The van der Waals surface area contributed by atoms with Crippen LogP contribution < -0.4 is 0 Å². The third-order valence-electron chi connectivity index (χ3n) is 2.87. The molecule has 132 valence electrons. The zero-order valence-corrected chi connectivity index (χ0v) is 14.4. The van der Waals surface area contributed by atoms with Crippen LogP contribution in [0.2, 0.25) is 0 Å². The molecule has 5 heteroatoms. The van der Waals surface area contributed by atoms with Crippen molar-refractivity contribution in [2.75, 3.05) is 6.54 Å². The SMILES string of the molecule is O=C(O)CCCC#CCC#CCC#CCC#CCCCCC[N+](=O)[O-]. The average Bonchev–Trinajstić information content (AvgIpc) is 2.56. The lowest BCUT2D eigenvalue weighted by molar-refractivity contribution is -0.480. The number of unbranched alkanes of at least 4 members (excludes halogenated alkanes) is 4. The molecule has 0 fully saturated rings. The van der Waals surface area contributed by atoms with Crippen molar-refractivity contribution in [3.63, 3.8) is 0 Å². The van der Waals surface area contributed by atoms with Crippen LogP contribution in [-0.2, 0) is 4.79 Å². The average molecular weight is 341 g/mol. The molecule has 0 spiro atoms. The zero-order valence-electron chi connectivity index (χ0n) is 14.4. The minimum atomic E-state index is -0.794. The normalized spacial score (nSPS) is 8.32. The standard InChI is InChI=1S/C20H23NO4/c22-20(23)18-16-14-12-10-8-6-4-2-1-3-5-7-9-11-13-15-17-19-21(24)25/h2,5,8,11,13-19H2,(H,22,23). The van der Waals surface area contributed by atoms with E-state index in [4.69, 9.17) is 5.11 Å². The Morgan fingerprint density at radius 1 is 0.760 bits per heavy atom. The van der Waals surface area contributed by atoms with Crippen molar-refractivity contribution in [1.29, 1.82) is 0 Å². The molecule has 0 rings (SSSR count). The summed E-state index contributed by atoms with van der Waals surface area (Å²) < 4.78 is 0. The van der Waals surface area contributed by atoms with Crippen LogP contribution in [0.5, 0.6) is 0 Å². The van der Waals surface area contributed by atoms with Crippen LogP contribution in [0.15, 0.2) is 0 Å². The molecule has 0 aromatic rings. The van der Waals surface area contributed by atoms with Crippen LogP contribution in [-0.4, -0.2) is 22.5 Å². The molecule has 0 aromatic heterocycles. The van der Waals surface area contributed by atoms with Crippen LogP contribution in [0, 0.1) is 57.5 Å². The van der Waals surface area contributed by atoms with Crippen molar-refractivity contribution >= 4 is 5.97 Å². The van der Waals surface area contributed by atoms with E-state index < -0.39 is 5.97 Å². The van der Waals surface area contributed by atoms with Gasteiger partial charge in [0.15, 0.2) is 0 Å². The van der Waals surface area contributed by atoms with E-state index in [2.05, 4.69) is 47.4 Å². The summed E-state index contributed by atoms with van der Waals surface area (Å²) in [7, 11) is 0. The molecule has 0 atom stereocenters.